The van der Waals surface area contributed by atoms with Gasteiger partial charge in [-0.1, -0.05) is 13.8 Å². The first kappa shape index (κ1) is 22.5. The first-order valence-corrected chi connectivity index (χ1v) is 8.80. The van der Waals surface area contributed by atoms with Crippen LogP contribution in [0.15, 0.2) is 12.5 Å². The van der Waals surface area contributed by atoms with Gasteiger partial charge in [-0.05, 0) is 47.0 Å². The Morgan fingerprint density at radius 2 is 1.81 bits per heavy atom. The van der Waals surface area contributed by atoms with E-state index in [2.05, 4.69) is 15.6 Å². The maximum atomic E-state index is 12.6. The minimum Gasteiger partial charge on any atom is -0.480 e. The number of aromatic nitrogens is 2. The van der Waals surface area contributed by atoms with Crippen LogP contribution in [0.3, 0.4) is 0 Å². The molecule has 0 aliphatic carbocycles. The largest absolute Gasteiger partial charge is 0.480 e. The van der Waals surface area contributed by atoms with E-state index in [1.807, 2.05) is 13.8 Å². The molecule has 9 nitrogen and oxygen atoms in total. The zero-order valence-electron chi connectivity index (χ0n) is 17.0. The predicted octanol–water partition coefficient (Wildman–Crippen LogP) is 2.58. The maximum Gasteiger partial charge on any atom is 0.408 e. The van der Waals surface area contributed by atoms with Gasteiger partial charge in [0.05, 0.1) is 6.33 Å². The van der Waals surface area contributed by atoms with Crippen molar-refractivity contribution in [1.82, 2.24) is 14.9 Å². The highest BCUT2D eigenvalue weighted by Crippen LogP contribution is 2.18. The van der Waals surface area contributed by atoms with E-state index in [-0.39, 0.29) is 11.7 Å². The number of nitrogens with one attached hydrogen (secondary N) is 2. The zero-order valence-corrected chi connectivity index (χ0v) is 17.0. The second-order valence-corrected chi connectivity index (χ2v) is 8.35. The molecule has 0 aliphatic rings. The number of carboxylic acid groups (broad SMARTS) is 1. The molecule has 1 aromatic heterocycles. The lowest BCUT2D eigenvalue weighted by Gasteiger charge is -2.24. The van der Waals surface area contributed by atoms with Crippen LogP contribution in [0.5, 0.6) is 0 Å². The highest BCUT2D eigenvalue weighted by Gasteiger charge is 2.30. The number of imidazole rings is 1. The molecule has 1 rings (SSSR count). The molecule has 1 unspecified atom stereocenters. The van der Waals surface area contributed by atoms with Crippen molar-refractivity contribution in [3.05, 3.63) is 12.5 Å². The predicted molar refractivity (Wildman–Crippen MR) is 100 cm³/mol. The molecular weight excluding hydrogens is 352 g/mol. The number of rotatable bonds is 7. The van der Waals surface area contributed by atoms with Gasteiger partial charge in [-0.15, -0.1) is 0 Å². The third-order valence-corrected chi connectivity index (χ3v) is 3.72. The van der Waals surface area contributed by atoms with E-state index >= 15 is 0 Å². The van der Waals surface area contributed by atoms with Gasteiger partial charge in [0, 0.05) is 6.20 Å². The van der Waals surface area contributed by atoms with E-state index in [9.17, 15) is 19.5 Å². The summed E-state index contributed by atoms with van der Waals surface area (Å²) >= 11 is 0. The molecule has 152 valence electrons. The standard InChI is InChI=1S/C18H30N4O5/c1-11(2)8-12(20-16(26)27-17(3,4)5)14(23)21-13-9-22(10-19-13)18(6,7)15(24)25/h9-12H,8H2,1-7H3,(H,20,26)(H,21,23)(H,24,25). The summed E-state index contributed by atoms with van der Waals surface area (Å²) in [5, 5.41) is 14.5. The van der Waals surface area contributed by atoms with E-state index in [1.165, 1.54) is 30.9 Å². The number of hydrogen-bond donors (Lipinski definition) is 3. The molecule has 0 fully saturated rings. The SMILES string of the molecule is CC(C)CC(NC(=O)OC(C)(C)C)C(=O)Nc1cn(C(C)(C)C(=O)O)cn1. The summed E-state index contributed by atoms with van der Waals surface area (Å²) < 4.78 is 6.60. The number of aliphatic carboxylic acids is 1. The molecule has 0 saturated carbocycles. The summed E-state index contributed by atoms with van der Waals surface area (Å²) in [7, 11) is 0. The van der Waals surface area contributed by atoms with Crippen LogP contribution in [0.4, 0.5) is 10.6 Å². The van der Waals surface area contributed by atoms with Crippen LogP contribution < -0.4 is 10.6 Å². The third-order valence-electron chi connectivity index (χ3n) is 3.72. The zero-order chi connectivity index (χ0) is 21.0. The third kappa shape index (κ3) is 6.92. The molecule has 1 heterocycles. The molecule has 1 aromatic rings. The van der Waals surface area contributed by atoms with Gasteiger partial charge in [0.25, 0.3) is 0 Å². The molecule has 2 amide bonds. The molecule has 0 saturated heterocycles. The van der Waals surface area contributed by atoms with Gasteiger partial charge in [-0.25, -0.2) is 14.6 Å². The molecule has 0 radical (unpaired) electrons. The van der Waals surface area contributed by atoms with Crippen LogP contribution in [-0.4, -0.2) is 44.3 Å². The van der Waals surface area contributed by atoms with Crippen molar-refractivity contribution in [2.45, 2.75) is 72.1 Å². The Bertz CT molecular complexity index is 688. The Hall–Kier alpha value is -2.58. The highest BCUT2D eigenvalue weighted by atomic mass is 16.6. The summed E-state index contributed by atoms with van der Waals surface area (Å²) in [5.74, 6) is -1.12. The second kappa shape index (κ2) is 8.41. The highest BCUT2D eigenvalue weighted by molar-refractivity contribution is 5.95. The van der Waals surface area contributed by atoms with Gasteiger partial charge in [-0.3, -0.25) is 4.79 Å². The average Bonchev–Trinajstić information content (AvgIpc) is 2.92. The van der Waals surface area contributed by atoms with Gasteiger partial charge in [0.2, 0.25) is 5.91 Å². The van der Waals surface area contributed by atoms with E-state index in [0.717, 1.165) is 0 Å². The Labute approximate surface area is 159 Å². The number of anilines is 1. The number of carbonyl (C=O) groups is 3. The van der Waals surface area contributed by atoms with E-state index in [4.69, 9.17) is 4.74 Å². The minimum atomic E-state index is -1.21. The number of hydrogen-bond acceptors (Lipinski definition) is 5. The lowest BCUT2D eigenvalue weighted by Crippen LogP contribution is -2.46. The van der Waals surface area contributed by atoms with Gasteiger partial charge >= 0.3 is 12.1 Å². The van der Waals surface area contributed by atoms with Crippen LogP contribution in [0.2, 0.25) is 0 Å². The van der Waals surface area contributed by atoms with Crippen LogP contribution in [-0.2, 0) is 19.9 Å². The number of alkyl carbamates (subject to hydrolysis) is 1. The Morgan fingerprint density at radius 1 is 1.22 bits per heavy atom. The summed E-state index contributed by atoms with van der Waals surface area (Å²) in [5.41, 5.74) is -1.88. The minimum absolute atomic E-state index is 0.152. The van der Waals surface area contributed by atoms with Gasteiger partial charge in [-0.2, -0.15) is 0 Å². The van der Waals surface area contributed by atoms with E-state index < -0.39 is 35.2 Å². The smallest absolute Gasteiger partial charge is 0.408 e. The summed E-state index contributed by atoms with van der Waals surface area (Å²) in [4.78, 5) is 40.0. The second-order valence-electron chi connectivity index (χ2n) is 8.35. The average molecular weight is 382 g/mol. The quantitative estimate of drug-likeness (QED) is 0.666. The monoisotopic (exact) mass is 382 g/mol. The summed E-state index contributed by atoms with van der Waals surface area (Å²) in [6, 6.07) is -0.808. The Balaban J connectivity index is 2.87. The molecule has 9 heteroatoms. The molecule has 0 bridgehead atoms. The van der Waals surface area contributed by atoms with Crippen molar-refractivity contribution < 1.29 is 24.2 Å². The van der Waals surface area contributed by atoms with Gasteiger partial charge in [0.15, 0.2) is 5.82 Å². The van der Waals surface area contributed by atoms with Crippen molar-refractivity contribution in [1.29, 1.82) is 0 Å². The summed E-state index contributed by atoms with van der Waals surface area (Å²) in [6.45, 7) is 12.1. The number of ether oxygens (including phenoxy) is 1. The number of amides is 2. The van der Waals surface area contributed by atoms with Crippen LogP contribution >= 0.6 is 0 Å². The molecule has 3 N–H and O–H groups in total. The fourth-order valence-electron chi connectivity index (χ4n) is 2.17. The van der Waals surface area contributed by atoms with Crippen LogP contribution in [0.1, 0.15) is 54.9 Å². The topological polar surface area (TPSA) is 123 Å². The normalized spacial score (nSPS) is 13.2. The van der Waals surface area contributed by atoms with Crippen molar-refractivity contribution in [2.75, 3.05) is 5.32 Å². The number of carboxylic acids is 1. The maximum absolute atomic E-state index is 12.6. The van der Waals surface area contributed by atoms with Crippen molar-refractivity contribution in [2.24, 2.45) is 5.92 Å². The molecule has 0 aromatic carbocycles. The van der Waals surface area contributed by atoms with Crippen molar-refractivity contribution in [3.63, 3.8) is 0 Å². The van der Waals surface area contributed by atoms with E-state index in [0.29, 0.717) is 6.42 Å². The summed E-state index contributed by atoms with van der Waals surface area (Å²) in [6.07, 6.45) is 2.50. The van der Waals surface area contributed by atoms with Gasteiger partial charge < -0.3 is 25.0 Å². The molecule has 0 aliphatic heterocycles. The molecular formula is C18H30N4O5. The lowest BCUT2D eigenvalue weighted by atomic mass is 10.0. The first-order valence-electron chi connectivity index (χ1n) is 8.80. The first-order chi connectivity index (χ1) is 12.2. The molecule has 1 atom stereocenters. The Morgan fingerprint density at radius 3 is 2.30 bits per heavy atom. The molecule has 0 spiro atoms. The number of carbonyl (C=O) groups excluding carboxylic acids is 2. The number of nitrogens with zero attached hydrogens (tertiary/aromatic N) is 2. The molecule has 27 heavy (non-hydrogen) atoms. The van der Waals surface area contributed by atoms with Crippen LogP contribution in [0.25, 0.3) is 0 Å². The fourth-order valence-corrected chi connectivity index (χ4v) is 2.17. The fraction of sp³-hybridized carbons (Fsp3) is 0.667. The lowest BCUT2D eigenvalue weighted by molar-refractivity contribution is -0.145. The van der Waals surface area contributed by atoms with Crippen molar-refractivity contribution >= 4 is 23.8 Å². The van der Waals surface area contributed by atoms with Crippen LogP contribution in [0, 0.1) is 5.92 Å². The van der Waals surface area contributed by atoms with Crippen molar-refractivity contribution in [3.8, 4) is 0 Å². The van der Waals surface area contributed by atoms with Gasteiger partial charge in [0.1, 0.15) is 17.2 Å². The Kier molecular flexibility index (Phi) is 6.99. The van der Waals surface area contributed by atoms with E-state index in [1.54, 1.807) is 20.8 Å².